The molecule has 1 saturated heterocycles. The SMILES string of the molecule is OC(CCN1CCOCC1)c1ccco1. The smallest absolute Gasteiger partial charge is 0.132 e. The van der Waals surface area contributed by atoms with Crippen molar-refractivity contribution in [2.24, 2.45) is 0 Å². The fourth-order valence-electron chi connectivity index (χ4n) is 1.75. The highest BCUT2D eigenvalue weighted by atomic mass is 16.5. The number of rotatable bonds is 4. The third-order valence-electron chi connectivity index (χ3n) is 2.69. The molecule has 0 radical (unpaired) electrons. The van der Waals surface area contributed by atoms with Gasteiger partial charge in [0.2, 0.25) is 0 Å². The molecule has 0 amide bonds. The van der Waals surface area contributed by atoms with Crippen LogP contribution in [-0.4, -0.2) is 42.9 Å². The van der Waals surface area contributed by atoms with Gasteiger partial charge in [-0.15, -0.1) is 0 Å². The summed E-state index contributed by atoms with van der Waals surface area (Å²) in [7, 11) is 0. The van der Waals surface area contributed by atoms with Gasteiger partial charge in [0.1, 0.15) is 11.9 Å². The van der Waals surface area contributed by atoms with E-state index < -0.39 is 6.10 Å². The van der Waals surface area contributed by atoms with Crippen molar-refractivity contribution in [3.05, 3.63) is 24.2 Å². The Morgan fingerprint density at radius 3 is 2.87 bits per heavy atom. The lowest BCUT2D eigenvalue weighted by molar-refractivity contribution is 0.0283. The molecule has 0 bridgehead atoms. The highest BCUT2D eigenvalue weighted by Crippen LogP contribution is 2.17. The van der Waals surface area contributed by atoms with E-state index in [1.807, 2.05) is 6.07 Å². The molecule has 2 rings (SSSR count). The summed E-state index contributed by atoms with van der Waals surface area (Å²) >= 11 is 0. The van der Waals surface area contributed by atoms with Crippen LogP contribution in [-0.2, 0) is 4.74 Å². The third kappa shape index (κ3) is 3.06. The van der Waals surface area contributed by atoms with Crippen LogP contribution >= 0.6 is 0 Å². The van der Waals surface area contributed by atoms with Crippen LogP contribution in [0.15, 0.2) is 22.8 Å². The highest BCUT2D eigenvalue weighted by molar-refractivity contribution is 5.01. The Balaban J connectivity index is 1.73. The zero-order valence-corrected chi connectivity index (χ0v) is 8.76. The molecule has 1 atom stereocenters. The minimum absolute atomic E-state index is 0.483. The molecule has 0 aromatic carbocycles. The topological polar surface area (TPSA) is 45.8 Å². The molecule has 1 fully saturated rings. The first-order chi connectivity index (χ1) is 7.36. The van der Waals surface area contributed by atoms with E-state index in [1.54, 1.807) is 12.3 Å². The second-order valence-electron chi connectivity index (χ2n) is 3.77. The van der Waals surface area contributed by atoms with Crippen molar-refractivity contribution < 1.29 is 14.3 Å². The van der Waals surface area contributed by atoms with E-state index in [1.165, 1.54) is 0 Å². The van der Waals surface area contributed by atoms with E-state index in [4.69, 9.17) is 9.15 Å². The van der Waals surface area contributed by atoms with E-state index in [0.29, 0.717) is 12.2 Å². The van der Waals surface area contributed by atoms with Crippen LogP contribution in [0.5, 0.6) is 0 Å². The number of ether oxygens (including phenoxy) is 1. The molecule has 1 N–H and O–H groups in total. The van der Waals surface area contributed by atoms with Crippen molar-refractivity contribution in [2.45, 2.75) is 12.5 Å². The molecule has 2 heterocycles. The second kappa shape index (κ2) is 5.30. The van der Waals surface area contributed by atoms with Gasteiger partial charge in [0.15, 0.2) is 0 Å². The quantitative estimate of drug-likeness (QED) is 0.808. The Bertz CT molecular complexity index is 267. The second-order valence-corrected chi connectivity index (χ2v) is 3.77. The van der Waals surface area contributed by atoms with Crippen LogP contribution in [0.3, 0.4) is 0 Å². The van der Waals surface area contributed by atoms with Crippen LogP contribution in [0.25, 0.3) is 0 Å². The molecule has 1 aromatic rings. The molecule has 15 heavy (non-hydrogen) atoms. The van der Waals surface area contributed by atoms with Crippen LogP contribution in [0.2, 0.25) is 0 Å². The zero-order valence-electron chi connectivity index (χ0n) is 8.76. The summed E-state index contributed by atoms with van der Waals surface area (Å²) in [5, 5.41) is 9.79. The first kappa shape index (κ1) is 10.7. The Kier molecular flexibility index (Phi) is 3.77. The summed E-state index contributed by atoms with van der Waals surface area (Å²) in [6.07, 6.45) is 1.82. The van der Waals surface area contributed by atoms with Gasteiger partial charge in [0, 0.05) is 19.6 Å². The molecular formula is C11H17NO3. The molecule has 4 nitrogen and oxygen atoms in total. The average molecular weight is 211 g/mol. The maximum atomic E-state index is 9.79. The van der Waals surface area contributed by atoms with Crippen LogP contribution < -0.4 is 0 Å². The third-order valence-corrected chi connectivity index (χ3v) is 2.69. The molecule has 0 saturated carbocycles. The van der Waals surface area contributed by atoms with Crippen LogP contribution in [0.4, 0.5) is 0 Å². The molecular weight excluding hydrogens is 194 g/mol. The minimum atomic E-state index is -0.483. The van der Waals surface area contributed by atoms with Crippen molar-refractivity contribution in [1.82, 2.24) is 4.90 Å². The number of aliphatic hydroxyl groups excluding tert-OH is 1. The Morgan fingerprint density at radius 1 is 1.40 bits per heavy atom. The standard InChI is InChI=1S/C11H17NO3/c13-10(11-2-1-7-15-11)3-4-12-5-8-14-9-6-12/h1-2,7,10,13H,3-6,8-9H2. The van der Waals surface area contributed by atoms with Gasteiger partial charge >= 0.3 is 0 Å². The van der Waals surface area contributed by atoms with Gasteiger partial charge < -0.3 is 14.3 Å². The van der Waals surface area contributed by atoms with Gasteiger partial charge in [-0.05, 0) is 18.6 Å². The minimum Gasteiger partial charge on any atom is -0.467 e. The monoisotopic (exact) mass is 211 g/mol. The van der Waals surface area contributed by atoms with Gasteiger partial charge in [-0.25, -0.2) is 0 Å². The molecule has 1 aromatic heterocycles. The van der Waals surface area contributed by atoms with Gasteiger partial charge in [-0.1, -0.05) is 0 Å². The lowest BCUT2D eigenvalue weighted by Crippen LogP contribution is -2.37. The summed E-state index contributed by atoms with van der Waals surface area (Å²) in [4.78, 5) is 2.30. The number of morpholine rings is 1. The van der Waals surface area contributed by atoms with Crippen molar-refractivity contribution >= 4 is 0 Å². The predicted octanol–water partition coefficient (Wildman–Crippen LogP) is 1.04. The maximum Gasteiger partial charge on any atom is 0.132 e. The summed E-state index contributed by atoms with van der Waals surface area (Å²) in [5.74, 6) is 0.656. The van der Waals surface area contributed by atoms with E-state index in [0.717, 1.165) is 32.8 Å². The Morgan fingerprint density at radius 2 is 2.20 bits per heavy atom. The molecule has 4 heteroatoms. The van der Waals surface area contributed by atoms with Crippen molar-refractivity contribution in [3.63, 3.8) is 0 Å². The van der Waals surface area contributed by atoms with Crippen molar-refractivity contribution in [1.29, 1.82) is 0 Å². The first-order valence-corrected chi connectivity index (χ1v) is 5.38. The number of hydrogen-bond donors (Lipinski definition) is 1. The Hall–Kier alpha value is -0.840. The van der Waals surface area contributed by atoms with Gasteiger partial charge in [-0.2, -0.15) is 0 Å². The number of furan rings is 1. The summed E-state index contributed by atoms with van der Waals surface area (Å²) < 4.78 is 10.4. The average Bonchev–Trinajstić information content (AvgIpc) is 2.81. The lowest BCUT2D eigenvalue weighted by Gasteiger charge is -2.27. The normalized spacial score (nSPS) is 20.3. The Labute approximate surface area is 89.4 Å². The lowest BCUT2D eigenvalue weighted by atomic mass is 10.2. The number of hydrogen-bond acceptors (Lipinski definition) is 4. The van der Waals surface area contributed by atoms with Gasteiger partial charge in [-0.3, -0.25) is 4.90 Å². The maximum absolute atomic E-state index is 9.79. The molecule has 1 aliphatic rings. The predicted molar refractivity (Wildman–Crippen MR) is 55.5 cm³/mol. The van der Waals surface area contributed by atoms with Gasteiger partial charge in [0.25, 0.3) is 0 Å². The van der Waals surface area contributed by atoms with Crippen LogP contribution in [0, 0.1) is 0 Å². The molecule has 1 aliphatic heterocycles. The summed E-state index contributed by atoms with van der Waals surface area (Å²) in [5.41, 5.74) is 0. The number of aliphatic hydroxyl groups is 1. The fourth-order valence-corrected chi connectivity index (χ4v) is 1.75. The van der Waals surface area contributed by atoms with Gasteiger partial charge in [0.05, 0.1) is 19.5 Å². The van der Waals surface area contributed by atoms with E-state index in [-0.39, 0.29) is 0 Å². The zero-order chi connectivity index (χ0) is 10.5. The first-order valence-electron chi connectivity index (χ1n) is 5.38. The van der Waals surface area contributed by atoms with E-state index in [9.17, 15) is 5.11 Å². The van der Waals surface area contributed by atoms with Crippen molar-refractivity contribution in [2.75, 3.05) is 32.8 Å². The largest absolute Gasteiger partial charge is 0.467 e. The molecule has 84 valence electrons. The van der Waals surface area contributed by atoms with Crippen molar-refractivity contribution in [3.8, 4) is 0 Å². The summed E-state index contributed by atoms with van der Waals surface area (Å²) in [6.45, 7) is 4.43. The summed E-state index contributed by atoms with van der Waals surface area (Å²) in [6, 6.07) is 3.61. The number of nitrogens with zero attached hydrogens (tertiary/aromatic N) is 1. The molecule has 0 spiro atoms. The van der Waals surface area contributed by atoms with E-state index >= 15 is 0 Å². The van der Waals surface area contributed by atoms with E-state index in [2.05, 4.69) is 4.90 Å². The molecule has 0 aliphatic carbocycles. The highest BCUT2D eigenvalue weighted by Gasteiger charge is 2.14. The van der Waals surface area contributed by atoms with Crippen LogP contribution in [0.1, 0.15) is 18.3 Å². The fraction of sp³-hybridized carbons (Fsp3) is 0.636. The molecule has 1 unspecified atom stereocenters.